The van der Waals surface area contributed by atoms with Crippen LogP contribution in [0, 0.1) is 5.82 Å². The average molecular weight is 299 g/mol. The predicted molar refractivity (Wildman–Crippen MR) is 78.3 cm³/mol. The number of hydrogen-bond acceptors (Lipinski definition) is 2. The monoisotopic (exact) mass is 298 g/mol. The van der Waals surface area contributed by atoms with Crippen molar-refractivity contribution in [1.82, 2.24) is 0 Å². The van der Waals surface area contributed by atoms with Gasteiger partial charge >= 0.3 is 0 Å². The highest BCUT2D eigenvalue weighted by molar-refractivity contribution is 6.34. The third-order valence-electron chi connectivity index (χ3n) is 2.73. The van der Waals surface area contributed by atoms with Gasteiger partial charge in [-0.3, -0.25) is 0 Å². The molecule has 0 amide bonds. The first-order chi connectivity index (χ1) is 9.10. The SMILES string of the molecule is NCC(Nc1ccccc1F)c1cc(Cl)cc(Cl)c1. The van der Waals surface area contributed by atoms with Gasteiger partial charge in [-0.05, 0) is 35.9 Å². The van der Waals surface area contributed by atoms with Crippen LogP contribution in [0.5, 0.6) is 0 Å². The first-order valence-corrected chi connectivity index (χ1v) is 6.53. The lowest BCUT2D eigenvalue weighted by Gasteiger charge is -2.19. The van der Waals surface area contributed by atoms with Crippen molar-refractivity contribution in [2.45, 2.75) is 6.04 Å². The normalized spacial score (nSPS) is 12.2. The minimum atomic E-state index is -0.325. The average Bonchev–Trinajstić information content (AvgIpc) is 2.36. The maximum Gasteiger partial charge on any atom is 0.146 e. The van der Waals surface area contributed by atoms with E-state index in [0.29, 0.717) is 22.3 Å². The van der Waals surface area contributed by atoms with Crippen LogP contribution in [0.1, 0.15) is 11.6 Å². The molecule has 100 valence electrons. The summed E-state index contributed by atoms with van der Waals surface area (Å²) in [6.07, 6.45) is 0. The number of anilines is 1. The molecule has 2 nitrogen and oxygen atoms in total. The van der Waals surface area contributed by atoms with E-state index in [-0.39, 0.29) is 11.9 Å². The maximum absolute atomic E-state index is 13.6. The zero-order chi connectivity index (χ0) is 13.8. The van der Waals surface area contributed by atoms with Crippen LogP contribution >= 0.6 is 23.2 Å². The minimum Gasteiger partial charge on any atom is -0.375 e. The lowest BCUT2D eigenvalue weighted by molar-refractivity contribution is 0.626. The Morgan fingerprint density at radius 2 is 1.74 bits per heavy atom. The topological polar surface area (TPSA) is 38.0 Å². The molecule has 0 aliphatic rings. The molecule has 0 saturated heterocycles. The predicted octanol–water partition coefficient (Wildman–Crippen LogP) is 4.24. The van der Waals surface area contributed by atoms with Crippen molar-refractivity contribution >= 4 is 28.9 Å². The quantitative estimate of drug-likeness (QED) is 0.886. The molecule has 0 radical (unpaired) electrons. The summed E-state index contributed by atoms with van der Waals surface area (Å²) in [5.74, 6) is -0.325. The highest BCUT2D eigenvalue weighted by Gasteiger charge is 2.13. The Morgan fingerprint density at radius 3 is 2.32 bits per heavy atom. The molecule has 5 heteroatoms. The van der Waals surface area contributed by atoms with Crippen LogP contribution < -0.4 is 11.1 Å². The van der Waals surface area contributed by atoms with Gasteiger partial charge in [-0.2, -0.15) is 0 Å². The fraction of sp³-hybridized carbons (Fsp3) is 0.143. The Labute approximate surface area is 121 Å². The fourth-order valence-electron chi connectivity index (χ4n) is 1.82. The second-order valence-corrected chi connectivity index (χ2v) is 4.99. The summed E-state index contributed by atoms with van der Waals surface area (Å²) in [5, 5.41) is 4.10. The van der Waals surface area contributed by atoms with Crippen LogP contribution in [-0.4, -0.2) is 6.54 Å². The number of halogens is 3. The Morgan fingerprint density at radius 1 is 1.11 bits per heavy atom. The molecule has 2 aromatic rings. The number of benzene rings is 2. The second kappa shape index (κ2) is 6.24. The summed E-state index contributed by atoms with van der Waals surface area (Å²) in [6.45, 7) is 0.297. The van der Waals surface area contributed by atoms with Crippen molar-refractivity contribution in [2.24, 2.45) is 5.73 Å². The van der Waals surface area contributed by atoms with Crippen molar-refractivity contribution < 1.29 is 4.39 Å². The molecule has 0 fully saturated rings. The number of para-hydroxylation sites is 1. The Hall–Kier alpha value is -1.29. The van der Waals surface area contributed by atoms with Gasteiger partial charge in [0.2, 0.25) is 0 Å². The lowest BCUT2D eigenvalue weighted by Crippen LogP contribution is -2.21. The van der Waals surface area contributed by atoms with Gasteiger partial charge in [0.15, 0.2) is 0 Å². The van der Waals surface area contributed by atoms with E-state index >= 15 is 0 Å². The van der Waals surface area contributed by atoms with Gasteiger partial charge in [0.25, 0.3) is 0 Å². The van der Waals surface area contributed by atoms with E-state index in [2.05, 4.69) is 5.32 Å². The molecule has 1 atom stereocenters. The Bertz CT molecular complexity index is 555. The van der Waals surface area contributed by atoms with Crippen LogP contribution in [-0.2, 0) is 0 Å². The summed E-state index contributed by atoms with van der Waals surface area (Å²) in [5.41, 5.74) is 6.95. The van der Waals surface area contributed by atoms with E-state index in [4.69, 9.17) is 28.9 Å². The molecule has 19 heavy (non-hydrogen) atoms. The van der Waals surface area contributed by atoms with Crippen LogP contribution in [0.2, 0.25) is 10.0 Å². The fourth-order valence-corrected chi connectivity index (χ4v) is 2.36. The van der Waals surface area contributed by atoms with Crippen LogP contribution in [0.4, 0.5) is 10.1 Å². The molecular weight excluding hydrogens is 286 g/mol. The zero-order valence-corrected chi connectivity index (χ0v) is 11.5. The molecule has 0 aliphatic carbocycles. The number of hydrogen-bond donors (Lipinski definition) is 2. The van der Waals surface area contributed by atoms with Gasteiger partial charge in [0, 0.05) is 16.6 Å². The molecule has 0 saturated carbocycles. The van der Waals surface area contributed by atoms with Crippen LogP contribution in [0.15, 0.2) is 42.5 Å². The molecule has 0 bridgehead atoms. The lowest BCUT2D eigenvalue weighted by atomic mass is 10.1. The highest BCUT2D eigenvalue weighted by atomic mass is 35.5. The van der Waals surface area contributed by atoms with Crippen molar-refractivity contribution in [3.05, 3.63) is 63.9 Å². The molecule has 0 aliphatic heterocycles. The largest absolute Gasteiger partial charge is 0.375 e. The summed E-state index contributed by atoms with van der Waals surface area (Å²) in [4.78, 5) is 0. The molecule has 3 N–H and O–H groups in total. The zero-order valence-electron chi connectivity index (χ0n) is 10.0. The van der Waals surface area contributed by atoms with Gasteiger partial charge in [0.05, 0.1) is 11.7 Å². The molecule has 1 unspecified atom stereocenters. The van der Waals surface area contributed by atoms with Gasteiger partial charge in [-0.15, -0.1) is 0 Å². The van der Waals surface area contributed by atoms with Gasteiger partial charge < -0.3 is 11.1 Å². The third kappa shape index (κ3) is 3.60. The summed E-state index contributed by atoms with van der Waals surface area (Å²) in [6, 6.07) is 11.3. The van der Waals surface area contributed by atoms with Crippen LogP contribution in [0.3, 0.4) is 0 Å². The van der Waals surface area contributed by atoms with E-state index in [0.717, 1.165) is 5.56 Å². The maximum atomic E-state index is 13.6. The first kappa shape index (κ1) is 14.1. The van der Waals surface area contributed by atoms with E-state index in [1.807, 2.05) is 0 Å². The van der Waals surface area contributed by atoms with E-state index in [1.165, 1.54) is 6.07 Å². The number of rotatable bonds is 4. The summed E-state index contributed by atoms with van der Waals surface area (Å²) >= 11 is 11.9. The van der Waals surface area contributed by atoms with Crippen molar-refractivity contribution in [3.63, 3.8) is 0 Å². The minimum absolute atomic E-state index is 0.256. The van der Waals surface area contributed by atoms with Gasteiger partial charge in [0.1, 0.15) is 5.82 Å². The Balaban J connectivity index is 2.28. The molecule has 0 spiro atoms. The third-order valence-corrected chi connectivity index (χ3v) is 3.16. The van der Waals surface area contributed by atoms with E-state index in [1.54, 1.807) is 36.4 Å². The van der Waals surface area contributed by atoms with E-state index < -0.39 is 0 Å². The van der Waals surface area contributed by atoms with Crippen LogP contribution in [0.25, 0.3) is 0 Å². The first-order valence-electron chi connectivity index (χ1n) is 5.77. The smallest absolute Gasteiger partial charge is 0.146 e. The Kier molecular flexibility index (Phi) is 4.64. The van der Waals surface area contributed by atoms with E-state index in [9.17, 15) is 4.39 Å². The van der Waals surface area contributed by atoms with Gasteiger partial charge in [-0.1, -0.05) is 35.3 Å². The highest BCUT2D eigenvalue weighted by Crippen LogP contribution is 2.26. The molecular formula is C14H13Cl2FN2. The van der Waals surface area contributed by atoms with Crippen molar-refractivity contribution in [3.8, 4) is 0 Å². The molecule has 2 rings (SSSR count). The standard InChI is InChI=1S/C14H13Cl2FN2/c15-10-5-9(6-11(16)7-10)14(8-18)19-13-4-2-1-3-12(13)17/h1-7,14,19H,8,18H2. The molecule has 0 heterocycles. The second-order valence-electron chi connectivity index (χ2n) is 4.12. The summed E-state index contributed by atoms with van der Waals surface area (Å²) < 4.78 is 13.6. The van der Waals surface area contributed by atoms with Gasteiger partial charge in [-0.25, -0.2) is 4.39 Å². The number of nitrogens with one attached hydrogen (secondary N) is 1. The molecule has 2 aromatic carbocycles. The van der Waals surface area contributed by atoms with Crippen molar-refractivity contribution in [1.29, 1.82) is 0 Å². The number of nitrogens with two attached hydrogens (primary N) is 1. The summed E-state index contributed by atoms with van der Waals surface area (Å²) in [7, 11) is 0. The molecule has 0 aromatic heterocycles. The van der Waals surface area contributed by atoms with Crippen molar-refractivity contribution in [2.75, 3.05) is 11.9 Å².